The molecule has 1 aromatic heterocycles. The van der Waals surface area contributed by atoms with E-state index in [1.165, 1.54) is 29.2 Å². The fourth-order valence-corrected chi connectivity index (χ4v) is 4.27. The van der Waals surface area contributed by atoms with Crippen LogP contribution in [0.3, 0.4) is 0 Å². The van der Waals surface area contributed by atoms with Crippen LogP contribution < -0.4 is 10.2 Å². The number of nitrogens with zero attached hydrogens (tertiary/aromatic N) is 3. The van der Waals surface area contributed by atoms with E-state index in [0.29, 0.717) is 33.9 Å². The highest BCUT2D eigenvalue weighted by molar-refractivity contribution is 6.01. The minimum absolute atomic E-state index is 0.192. The molecule has 1 N–H and O–H groups in total. The van der Waals surface area contributed by atoms with E-state index in [0.717, 1.165) is 11.1 Å². The lowest BCUT2D eigenvalue weighted by Crippen LogP contribution is -2.46. The third-order valence-corrected chi connectivity index (χ3v) is 6.00. The van der Waals surface area contributed by atoms with E-state index in [1.54, 1.807) is 32.0 Å². The molecule has 1 aliphatic rings. The van der Waals surface area contributed by atoms with Crippen molar-refractivity contribution in [2.24, 2.45) is 0 Å². The first-order valence-corrected chi connectivity index (χ1v) is 11.1. The van der Waals surface area contributed by atoms with E-state index in [4.69, 9.17) is 4.52 Å². The molecule has 6 nitrogen and oxygen atoms in total. The maximum absolute atomic E-state index is 14.1. The summed E-state index contributed by atoms with van der Waals surface area (Å²) in [6, 6.07) is 16.9. The van der Waals surface area contributed by atoms with Crippen molar-refractivity contribution in [2.45, 2.75) is 26.8 Å². The van der Waals surface area contributed by atoms with Crippen molar-refractivity contribution >= 4 is 17.3 Å². The van der Waals surface area contributed by atoms with Crippen molar-refractivity contribution < 1.29 is 18.1 Å². The lowest BCUT2D eigenvalue weighted by Gasteiger charge is -2.35. The molecule has 176 valence electrons. The Morgan fingerprint density at radius 3 is 2.51 bits per heavy atom. The molecule has 2 heterocycles. The van der Waals surface area contributed by atoms with Gasteiger partial charge in [0.1, 0.15) is 11.6 Å². The monoisotopic (exact) mass is 472 g/mol. The Hall–Kier alpha value is -4.33. The number of hydrogen-bond donors (Lipinski definition) is 1. The van der Waals surface area contributed by atoms with Gasteiger partial charge >= 0.3 is 6.03 Å². The molecule has 0 fully saturated rings. The molecule has 5 rings (SSSR count). The molecule has 0 radical (unpaired) electrons. The standard InChI is InChI=1S/C27H22F2N4O2/c1-15-6-4-8-19(12-15)25-31-26(35-32-25)23-17(3)33(21-10-11-22(29)16(2)13-21)27(34)30-24(23)18-7-5-9-20(28)14-18/h4-14,24H,1-3H3,(H,30,34). The summed E-state index contributed by atoms with van der Waals surface area (Å²) < 4.78 is 33.7. The third kappa shape index (κ3) is 4.19. The minimum Gasteiger partial charge on any atom is -0.334 e. The molecule has 0 aliphatic carbocycles. The summed E-state index contributed by atoms with van der Waals surface area (Å²) in [6.07, 6.45) is 0. The van der Waals surface area contributed by atoms with Gasteiger partial charge in [-0.05, 0) is 68.3 Å². The summed E-state index contributed by atoms with van der Waals surface area (Å²) in [5, 5.41) is 7.07. The van der Waals surface area contributed by atoms with Gasteiger partial charge in [0.25, 0.3) is 5.89 Å². The van der Waals surface area contributed by atoms with Gasteiger partial charge in [0, 0.05) is 11.3 Å². The second-order valence-corrected chi connectivity index (χ2v) is 8.50. The molecule has 0 saturated carbocycles. The number of nitrogens with one attached hydrogen (secondary N) is 1. The SMILES string of the molecule is CC1=C(c2nc(-c3cccc(C)c3)no2)C(c2cccc(F)c2)NC(=O)N1c1ccc(F)c(C)c1. The molecule has 0 spiro atoms. The molecular weight excluding hydrogens is 450 g/mol. The predicted molar refractivity (Wildman–Crippen MR) is 128 cm³/mol. The Bertz CT molecular complexity index is 1480. The normalized spacial score (nSPS) is 16.0. The van der Waals surface area contributed by atoms with E-state index in [-0.39, 0.29) is 11.7 Å². The summed E-state index contributed by atoms with van der Waals surface area (Å²) in [5.74, 6) is -0.221. The van der Waals surface area contributed by atoms with Crippen LogP contribution in [0.1, 0.15) is 35.5 Å². The Balaban J connectivity index is 1.67. The van der Waals surface area contributed by atoms with Crippen LogP contribution in [0.25, 0.3) is 17.0 Å². The molecule has 1 unspecified atom stereocenters. The van der Waals surface area contributed by atoms with Gasteiger partial charge in [-0.2, -0.15) is 4.98 Å². The maximum atomic E-state index is 14.1. The van der Waals surface area contributed by atoms with E-state index >= 15 is 0 Å². The molecule has 35 heavy (non-hydrogen) atoms. The molecule has 1 atom stereocenters. The predicted octanol–water partition coefficient (Wildman–Crippen LogP) is 6.33. The zero-order valence-electron chi connectivity index (χ0n) is 19.3. The molecule has 8 heteroatoms. The van der Waals surface area contributed by atoms with Gasteiger partial charge in [-0.3, -0.25) is 4.90 Å². The van der Waals surface area contributed by atoms with E-state index < -0.39 is 17.9 Å². The summed E-state index contributed by atoms with van der Waals surface area (Å²) >= 11 is 0. The van der Waals surface area contributed by atoms with Crippen molar-refractivity contribution in [2.75, 3.05) is 4.90 Å². The summed E-state index contributed by atoms with van der Waals surface area (Å²) in [5.41, 5.74) is 4.26. The number of urea groups is 1. The lowest BCUT2D eigenvalue weighted by atomic mass is 9.94. The van der Waals surface area contributed by atoms with E-state index in [1.807, 2.05) is 31.2 Å². The van der Waals surface area contributed by atoms with Crippen LogP contribution in [0.2, 0.25) is 0 Å². The smallest absolute Gasteiger partial charge is 0.326 e. The zero-order valence-corrected chi connectivity index (χ0v) is 19.3. The van der Waals surface area contributed by atoms with Crippen LogP contribution in [-0.2, 0) is 0 Å². The van der Waals surface area contributed by atoms with Gasteiger partial charge in [0.05, 0.1) is 17.3 Å². The van der Waals surface area contributed by atoms with Gasteiger partial charge < -0.3 is 9.84 Å². The number of benzene rings is 3. The number of allylic oxidation sites excluding steroid dienone is 1. The first kappa shape index (κ1) is 22.5. The van der Waals surface area contributed by atoms with Gasteiger partial charge in [-0.15, -0.1) is 0 Å². The van der Waals surface area contributed by atoms with E-state index in [2.05, 4.69) is 15.5 Å². The highest BCUT2D eigenvalue weighted by Crippen LogP contribution is 2.39. The molecule has 4 aromatic rings. The Morgan fingerprint density at radius 2 is 1.77 bits per heavy atom. The fraction of sp³-hybridized carbons (Fsp3) is 0.148. The van der Waals surface area contributed by atoms with Crippen LogP contribution in [0.4, 0.5) is 19.3 Å². The number of aryl methyl sites for hydroxylation is 2. The highest BCUT2D eigenvalue weighted by atomic mass is 19.1. The van der Waals surface area contributed by atoms with E-state index in [9.17, 15) is 13.6 Å². The lowest BCUT2D eigenvalue weighted by molar-refractivity contribution is 0.244. The average Bonchev–Trinajstić information content (AvgIpc) is 3.31. The number of aromatic nitrogens is 2. The molecular formula is C27H22F2N4O2. The Labute approximate surface area is 200 Å². The second kappa shape index (κ2) is 8.79. The topological polar surface area (TPSA) is 71.3 Å². The van der Waals surface area contributed by atoms with Gasteiger partial charge in [0.15, 0.2) is 0 Å². The van der Waals surface area contributed by atoms with Crippen LogP contribution in [0.5, 0.6) is 0 Å². The number of rotatable bonds is 4. The molecule has 0 bridgehead atoms. The number of halogens is 2. The largest absolute Gasteiger partial charge is 0.334 e. The number of carbonyl (C=O) groups excluding carboxylic acids is 1. The van der Waals surface area contributed by atoms with Crippen molar-refractivity contribution in [3.8, 4) is 11.4 Å². The summed E-state index contributed by atoms with van der Waals surface area (Å²) in [7, 11) is 0. The summed E-state index contributed by atoms with van der Waals surface area (Å²) in [6.45, 7) is 5.34. The van der Waals surface area contributed by atoms with Crippen LogP contribution in [0, 0.1) is 25.5 Å². The Morgan fingerprint density at radius 1 is 0.971 bits per heavy atom. The first-order valence-electron chi connectivity index (χ1n) is 11.1. The zero-order chi connectivity index (χ0) is 24.7. The minimum atomic E-state index is -0.734. The first-order chi connectivity index (χ1) is 16.8. The second-order valence-electron chi connectivity index (χ2n) is 8.50. The quantitative estimate of drug-likeness (QED) is 0.377. The van der Waals surface area contributed by atoms with Crippen LogP contribution in [0.15, 0.2) is 77.0 Å². The summed E-state index contributed by atoms with van der Waals surface area (Å²) in [4.78, 5) is 19.3. The van der Waals surface area contributed by atoms with Crippen LogP contribution >= 0.6 is 0 Å². The third-order valence-electron chi connectivity index (χ3n) is 6.00. The van der Waals surface area contributed by atoms with Crippen LogP contribution in [-0.4, -0.2) is 16.2 Å². The van der Waals surface area contributed by atoms with Crippen molar-refractivity contribution in [3.05, 3.63) is 107 Å². The van der Waals surface area contributed by atoms with Crippen molar-refractivity contribution in [1.82, 2.24) is 15.5 Å². The molecule has 1 aliphatic heterocycles. The number of carbonyl (C=O) groups is 1. The maximum Gasteiger partial charge on any atom is 0.326 e. The fourth-order valence-electron chi connectivity index (χ4n) is 4.27. The van der Waals surface area contributed by atoms with Crippen molar-refractivity contribution in [3.63, 3.8) is 0 Å². The number of amides is 2. The van der Waals surface area contributed by atoms with Gasteiger partial charge in [0.2, 0.25) is 5.82 Å². The molecule has 2 amide bonds. The highest BCUT2D eigenvalue weighted by Gasteiger charge is 2.36. The molecule has 3 aromatic carbocycles. The van der Waals surface area contributed by atoms with Gasteiger partial charge in [-0.25, -0.2) is 13.6 Å². The number of anilines is 1. The molecule has 0 saturated heterocycles. The Kier molecular flexibility index (Phi) is 5.64. The van der Waals surface area contributed by atoms with Gasteiger partial charge in [-0.1, -0.05) is 41.1 Å². The van der Waals surface area contributed by atoms with Crippen molar-refractivity contribution in [1.29, 1.82) is 0 Å². The average molecular weight is 472 g/mol. The number of hydrogen-bond acceptors (Lipinski definition) is 4.